The van der Waals surface area contributed by atoms with Crippen molar-refractivity contribution in [3.63, 3.8) is 0 Å². The van der Waals surface area contributed by atoms with Crippen LogP contribution in [0.5, 0.6) is 0 Å². The average molecular weight is 185 g/mol. The van der Waals surface area contributed by atoms with Crippen LogP contribution in [0.4, 0.5) is 0 Å². The van der Waals surface area contributed by atoms with Crippen LogP contribution >= 0.6 is 0 Å². The van der Waals surface area contributed by atoms with Crippen LogP contribution in [0.15, 0.2) is 0 Å². The Morgan fingerprint density at radius 1 is 1.54 bits per heavy atom. The minimum Gasteiger partial charge on any atom is -0.313 e. The number of hydrogen-bond acceptors (Lipinski definition) is 3. The summed E-state index contributed by atoms with van der Waals surface area (Å²) in [6.45, 7) is 1.06. The van der Waals surface area contributed by atoms with Gasteiger partial charge in [0.25, 0.3) is 0 Å². The molecule has 1 atom stereocenters. The van der Waals surface area contributed by atoms with Crippen LogP contribution in [-0.4, -0.2) is 37.6 Å². The van der Waals surface area contributed by atoms with E-state index in [1.54, 1.807) is 5.01 Å². The van der Waals surface area contributed by atoms with Gasteiger partial charge in [0, 0.05) is 26.6 Å². The molecule has 1 saturated heterocycles. The molecular weight excluding hydrogens is 166 g/mol. The first-order valence-electron chi connectivity index (χ1n) is 4.88. The number of rotatable bonds is 3. The van der Waals surface area contributed by atoms with Crippen molar-refractivity contribution in [2.75, 3.05) is 20.6 Å². The second-order valence-corrected chi connectivity index (χ2v) is 3.78. The molecule has 4 heteroatoms. The lowest BCUT2D eigenvalue weighted by atomic mass is 10.0. The number of carbonyl (C=O) groups is 1. The average Bonchev–Trinajstić information content (AvgIpc) is 2.04. The van der Waals surface area contributed by atoms with Gasteiger partial charge < -0.3 is 5.32 Å². The minimum atomic E-state index is 0.101. The second-order valence-electron chi connectivity index (χ2n) is 3.78. The zero-order chi connectivity index (χ0) is 9.68. The van der Waals surface area contributed by atoms with E-state index in [0.29, 0.717) is 12.5 Å². The Morgan fingerprint density at radius 2 is 2.31 bits per heavy atom. The summed E-state index contributed by atoms with van der Waals surface area (Å²) in [6, 6.07) is 0.383. The summed E-state index contributed by atoms with van der Waals surface area (Å²) in [5, 5.41) is 5.03. The van der Waals surface area contributed by atoms with E-state index in [4.69, 9.17) is 0 Å². The zero-order valence-corrected chi connectivity index (χ0v) is 8.47. The molecule has 0 aromatic heterocycles. The van der Waals surface area contributed by atoms with E-state index < -0.39 is 0 Å². The monoisotopic (exact) mass is 185 g/mol. The molecule has 1 aliphatic heterocycles. The number of carbonyl (C=O) groups excluding carboxylic acids is 1. The highest BCUT2D eigenvalue weighted by Gasteiger charge is 2.16. The number of amides is 1. The van der Waals surface area contributed by atoms with E-state index in [9.17, 15) is 4.79 Å². The van der Waals surface area contributed by atoms with Gasteiger partial charge in [-0.05, 0) is 19.4 Å². The predicted octanol–water partition coefficient (Wildman–Crippen LogP) is 0.111. The Labute approximate surface area is 79.6 Å². The largest absolute Gasteiger partial charge is 0.313 e. The van der Waals surface area contributed by atoms with Crippen LogP contribution in [0.2, 0.25) is 0 Å². The maximum Gasteiger partial charge on any atom is 0.235 e. The maximum absolute atomic E-state index is 11.3. The molecule has 0 bridgehead atoms. The molecule has 0 aromatic carbocycles. The molecule has 1 amide bonds. The first kappa shape index (κ1) is 10.5. The molecule has 2 N–H and O–H groups in total. The molecule has 1 heterocycles. The molecule has 0 aliphatic carbocycles. The fourth-order valence-electron chi connectivity index (χ4n) is 1.62. The number of nitrogens with zero attached hydrogens (tertiary/aromatic N) is 1. The Kier molecular flexibility index (Phi) is 4.18. The highest BCUT2D eigenvalue weighted by Crippen LogP contribution is 2.09. The molecule has 0 aromatic rings. The van der Waals surface area contributed by atoms with Gasteiger partial charge in [-0.3, -0.25) is 10.2 Å². The summed E-state index contributed by atoms with van der Waals surface area (Å²) in [5.41, 5.74) is 2.74. The lowest BCUT2D eigenvalue weighted by Crippen LogP contribution is -2.42. The van der Waals surface area contributed by atoms with Crippen molar-refractivity contribution in [3.05, 3.63) is 0 Å². The van der Waals surface area contributed by atoms with Crippen LogP contribution < -0.4 is 10.7 Å². The normalized spacial score (nSPS) is 23.2. The molecule has 76 valence electrons. The summed E-state index contributed by atoms with van der Waals surface area (Å²) in [5.74, 6) is 0.101. The fraction of sp³-hybridized carbons (Fsp3) is 0.889. The summed E-state index contributed by atoms with van der Waals surface area (Å²) in [6.07, 6.45) is 4.21. The summed E-state index contributed by atoms with van der Waals surface area (Å²) in [7, 11) is 3.65. The molecule has 4 nitrogen and oxygen atoms in total. The van der Waals surface area contributed by atoms with E-state index in [0.717, 1.165) is 13.0 Å². The Balaban J connectivity index is 2.18. The standard InChI is InChI=1S/C9H19N3O/c1-12(2)11-9(13)7-8-5-3-4-6-10-8/h8,10H,3-7H2,1-2H3,(H,11,13). The van der Waals surface area contributed by atoms with Crippen molar-refractivity contribution in [1.82, 2.24) is 15.8 Å². The zero-order valence-electron chi connectivity index (χ0n) is 8.47. The fourth-order valence-corrected chi connectivity index (χ4v) is 1.62. The molecule has 1 rings (SSSR count). The Morgan fingerprint density at radius 3 is 2.85 bits per heavy atom. The first-order chi connectivity index (χ1) is 6.18. The molecule has 1 fully saturated rings. The van der Waals surface area contributed by atoms with Gasteiger partial charge in [0.05, 0.1) is 0 Å². The van der Waals surface area contributed by atoms with Gasteiger partial charge >= 0.3 is 0 Å². The first-order valence-corrected chi connectivity index (χ1v) is 4.88. The quantitative estimate of drug-likeness (QED) is 0.613. The van der Waals surface area contributed by atoms with E-state index in [-0.39, 0.29) is 5.91 Å². The second kappa shape index (κ2) is 5.19. The summed E-state index contributed by atoms with van der Waals surface area (Å²) >= 11 is 0. The number of hydrogen-bond donors (Lipinski definition) is 2. The SMILES string of the molecule is CN(C)NC(=O)CC1CCCCN1. The smallest absolute Gasteiger partial charge is 0.235 e. The van der Waals surface area contributed by atoms with E-state index >= 15 is 0 Å². The van der Waals surface area contributed by atoms with E-state index in [1.807, 2.05) is 14.1 Å². The summed E-state index contributed by atoms with van der Waals surface area (Å²) < 4.78 is 0. The van der Waals surface area contributed by atoms with Crippen LogP contribution in [0.25, 0.3) is 0 Å². The van der Waals surface area contributed by atoms with Crippen molar-refractivity contribution in [3.8, 4) is 0 Å². The molecule has 0 saturated carbocycles. The van der Waals surface area contributed by atoms with E-state index in [2.05, 4.69) is 10.7 Å². The lowest BCUT2D eigenvalue weighted by molar-refractivity contribution is -0.125. The van der Waals surface area contributed by atoms with Crippen LogP contribution in [0, 0.1) is 0 Å². The topological polar surface area (TPSA) is 44.4 Å². The summed E-state index contributed by atoms with van der Waals surface area (Å²) in [4.78, 5) is 11.3. The Bertz CT molecular complexity index is 164. The lowest BCUT2D eigenvalue weighted by Gasteiger charge is -2.23. The Hall–Kier alpha value is -0.610. The third-order valence-corrected chi connectivity index (χ3v) is 2.19. The predicted molar refractivity (Wildman–Crippen MR) is 52.1 cm³/mol. The third kappa shape index (κ3) is 4.24. The maximum atomic E-state index is 11.3. The van der Waals surface area contributed by atoms with Gasteiger partial charge in [-0.2, -0.15) is 0 Å². The number of piperidine rings is 1. The van der Waals surface area contributed by atoms with Crippen molar-refractivity contribution in [1.29, 1.82) is 0 Å². The minimum absolute atomic E-state index is 0.101. The van der Waals surface area contributed by atoms with Gasteiger partial charge in [-0.15, -0.1) is 0 Å². The molecule has 0 spiro atoms. The van der Waals surface area contributed by atoms with Crippen LogP contribution in [-0.2, 0) is 4.79 Å². The van der Waals surface area contributed by atoms with Crippen molar-refractivity contribution < 1.29 is 4.79 Å². The van der Waals surface area contributed by atoms with Crippen molar-refractivity contribution >= 4 is 5.91 Å². The van der Waals surface area contributed by atoms with Crippen molar-refractivity contribution in [2.24, 2.45) is 0 Å². The third-order valence-electron chi connectivity index (χ3n) is 2.19. The van der Waals surface area contributed by atoms with Gasteiger partial charge in [-0.1, -0.05) is 6.42 Å². The highest BCUT2D eigenvalue weighted by atomic mass is 16.2. The molecule has 0 radical (unpaired) electrons. The van der Waals surface area contributed by atoms with Crippen LogP contribution in [0.1, 0.15) is 25.7 Å². The molecule has 13 heavy (non-hydrogen) atoms. The number of hydrazine groups is 1. The van der Waals surface area contributed by atoms with Gasteiger partial charge in [-0.25, -0.2) is 5.01 Å². The molecule has 1 unspecified atom stereocenters. The van der Waals surface area contributed by atoms with Gasteiger partial charge in [0.15, 0.2) is 0 Å². The number of nitrogens with one attached hydrogen (secondary N) is 2. The van der Waals surface area contributed by atoms with E-state index in [1.165, 1.54) is 12.8 Å². The highest BCUT2D eigenvalue weighted by molar-refractivity contribution is 5.75. The molecular formula is C9H19N3O. The molecule has 1 aliphatic rings. The van der Waals surface area contributed by atoms with Crippen LogP contribution in [0.3, 0.4) is 0 Å². The van der Waals surface area contributed by atoms with Crippen molar-refractivity contribution in [2.45, 2.75) is 31.7 Å². The van der Waals surface area contributed by atoms with Gasteiger partial charge in [0.2, 0.25) is 5.91 Å². The van der Waals surface area contributed by atoms with Gasteiger partial charge in [0.1, 0.15) is 0 Å².